The molecule has 1 saturated carbocycles. The summed E-state index contributed by atoms with van der Waals surface area (Å²) in [6, 6.07) is 15.4. The van der Waals surface area contributed by atoms with Crippen molar-refractivity contribution >= 4 is 11.6 Å². The summed E-state index contributed by atoms with van der Waals surface area (Å²) in [5.41, 5.74) is 2.64. The van der Waals surface area contributed by atoms with Crippen LogP contribution in [0.2, 0.25) is 0 Å². The first kappa shape index (κ1) is 13.7. The molecule has 0 saturated heterocycles. The summed E-state index contributed by atoms with van der Waals surface area (Å²) in [6.07, 6.45) is 2.36. The van der Waals surface area contributed by atoms with Gasteiger partial charge in [0.1, 0.15) is 5.75 Å². The van der Waals surface area contributed by atoms with E-state index >= 15 is 0 Å². The van der Waals surface area contributed by atoms with Crippen LogP contribution in [0.1, 0.15) is 41.6 Å². The first-order valence-corrected chi connectivity index (χ1v) is 7.41. The van der Waals surface area contributed by atoms with Gasteiger partial charge in [-0.1, -0.05) is 30.3 Å². The van der Waals surface area contributed by atoms with Crippen molar-refractivity contribution in [3.05, 3.63) is 59.7 Å². The lowest BCUT2D eigenvalue weighted by Gasteiger charge is -2.13. The molecule has 21 heavy (non-hydrogen) atoms. The summed E-state index contributed by atoms with van der Waals surface area (Å²) in [5, 5.41) is 2.97. The standard InChI is InChI=1S/C18H19NO2/c1-2-21-17-10-6-5-9-16(17)19-18(20)15-8-4-3-7-14(15)13-11-12-13/h3-10,13H,2,11-12H2,1H3,(H,19,20). The first-order chi connectivity index (χ1) is 10.3. The number of anilines is 1. The minimum absolute atomic E-state index is 0.0651. The fourth-order valence-corrected chi connectivity index (χ4v) is 2.50. The van der Waals surface area contributed by atoms with E-state index in [1.54, 1.807) is 0 Å². The van der Waals surface area contributed by atoms with Crippen molar-refractivity contribution in [2.75, 3.05) is 11.9 Å². The van der Waals surface area contributed by atoms with E-state index in [1.807, 2.05) is 49.4 Å². The maximum atomic E-state index is 12.6. The molecule has 1 N–H and O–H groups in total. The van der Waals surface area contributed by atoms with Gasteiger partial charge in [-0.05, 0) is 49.4 Å². The van der Waals surface area contributed by atoms with Gasteiger partial charge in [0.05, 0.1) is 12.3 Å². The van der Waals surface area contributed by atoms with Crippen LogP contribution >= 0.6 is 0 Å². The van der Waals surface area contributed by atoms with Crippen molar-refractivity contribution in [1.29, 1.82) is 0 Å². The SMILES string of the molecule is CCOc1ccccc1NC(=O)c1ccccc1C1CC1. The monoisotopic (exact) mass is 281 g/mol. The summed E-state index contributed by atoms with van der Waals surface area (Å²) in [4.78, 5) is 12.6. The molecule has 1 fully saturated rings. The summed E-state index contributed by atoms with van der Waals surface area (Å²) in [5.74, 6) is 1.19. The van der Waals surface area contributed by atoms with E-state index in [2.05, 4.69) is 11.4 Å². The highest BCUT2D eigenvalue weighted by Crippen LogP contribution is 2.41. The highest BCUT2D eigenvalue weighted by atomic mass is 16.5. The summed E-state index contributed by atoms with van der Waals surface area (Å²) >= 11 is 0. The molecule has 0 radical (unpaired) electrons. The zero-order valence-electron chi connectivity index (χ0n) is 12.1. The third-order valence-corrected chi connectivity index (χ3v) is 3.66. The van der Waals surface area contributed by atoms with Crippen LogP contribution in [0.5, 0.6) is 5.75 Å². The minimum atomic E-state index is -0.0651. The molecular weight excluding hydrogens is 262 g/mol. The van der Waals surface area contributed by atoms with E-state index in [1.165, 1.54) is 12.8 Å². The van der Waals surface area contributed by atoms with Crippen LogP contribution in [0, 0.1) is 0 Å². The molecular formula is C18H19NO2. The van der Waals surface area contributed by atoms with E-state index in [0.29, 0.717) is 18.3 Å². The van der Waals surface area contributed by atoms with E-state index < -0.39 is 0 Å². The molecule has 0 bridgehead atoms. The normalized spacial score (nSPS) is 13.8. The number of para-hydroxylation sites is 2. The largest absolute Gasteiger partial charge is 0.492 e. The molecule has 0 aliphatic heterocycles. The number of amides is 1. The maximum absolute atomic E-state index is 12.6. The van der Waals surface area contributed by atoms with Gasteiger partial charge in [-0.3, -0.25) is 4.79 Å². The highest BCUT2D eigenvalue weighted by molar-refractivity contribution is 6.06. The zero-order chi connectivity index (χ0) is 14.7. The number of benzene rings is 2. The van der Waals surface area contributed by atoms with Gasteiger partial charge < -0.3 is 10.1 Å². The van der Waals surface area contributed by atoms with Crippen LogP contribution in [-0.2, 0) is 0 Å². The Balaban J connectivity index is 1.84. The Kier molecular flexibility index (Phi) is 3.91. The fourth-order valence-electron chi connectivity index (χ4n) is 2.50. The molecule has 3 rings (SSSR count). The van der Waals surface area contributed by atoms with Crippen molar-refractivity contribution in [2.45, 2.75) is 25.7 Å². The lowest BCUT2D eigenvalue weighted by molar-refractivity contribution is 0.102. The Morgan fingerprint density at radius 2 is 1.86 bits per heavy atom. The third kappa shape index (κ3) is 3.07. The average Bonchev–Trinajstić information content (AvgIpc) is 3.34. The first-order valence-electron chi connectivity index (χ1n) is 7.41. The van der Waals surface area contributed by atoms with Crippen LogP contribution in [0.4, 0.5) is 5.69 Å². The van der Waals surface area contributed by atoms with Gasteiger partial charge in [0.25, 0.3) is 5.91 Å². The van der Waals surface area contributed by atoms with Gasteiger partial charge >= 0.3 is 0 Å². The minimum Gasteiger partial charge on any atom is -0.492 e. The Hall–Kier alpha value is -2.29. The Morgan fingerprint density at radius 1 is 1.14 bits per heavy atom. The second-order valence-corrected chi connectivity index (χ2v) is 5.24. The van der Waals surface area contributed by atoms with E-state index in [-0.39, 0.29) is 5.91 Å². The maximum Gasteiger partial charge on any atom is 0.256 e. The highest BCUT2D eigenvalue weighted by Gasteiger charge is 2.27. The molecule has 0 unspecified atom stereocenters. The summed E-state index contributed by atoms with van der Waals surface area (Å²) in [6.45, 7) is 2.51. The number of nitrogens with one attached hydrogen (secondary N) is 1. The molecule has 0 aromatic heterocycles. The molecule has 3 heteroatoms. The summed E-state index contributed by atoms with van der Waals surface area (Å²) < 4.78 is 5.55. The van der Waals surface area contributed by atoms with Gasteiger partial charge in [-0.25, -0.2) is 0 Å². The van der Waals surface area contributed by atoms with E-state index in [0.717, 1.165) is 16.8 Å². The number of carbonyl (C=O) groups excluding carboxylic acids is 1. The molecule has 0 atom stereocenters. The predicted molar refractivity (Wildman–Crippen MR) is 84.0 cm³/mol. The lowest BCUT2D eigenvalue weighted by Crippen LogP contribution is -2.14. The molecule has 2 aromatic rings. The van der Waals surface area contributed by atoms with Crippen molar-refractivity contribution in [2.24, 2.45) is 0 Å². The second kappa shape index (κ2) is 6.00. The number of ether oxygens (including phenoxy) is 1. The predicted octanol–water partition coefficient (Wildman–Crippen LogP) is 4.22. The van der Waals surface area contributed by atoms with Gasteiger partial charge in [-0.2, -0.15) is 0 Å². The zero-order valence-corrected chi connectivity index (χ0v) is 12.1. The summed E-state index contributed by atoms with van der Waals surface area (Å²) in [7, 11) is 0. The van der Waals surface area contributed by atoms with Crippen LogP contribution < -0.4 is 10.1 Å². The molecule has 1 amide bonds. The second-order valence-electron chi connectivity index (χ2n) is 5.24. The number of carbonyl (C=O) groups is 1. The van der Waals surface area contributed by atoms with Crippen molar-refractivity contribution in [3.8, 4) is 5.75 Å². The molecule has 1 aliphatic carbocycles. The fraction of sp³-hybridized carbons (Fsp3) is 0.278. The molecule has 2 aromatic carbocycles. The van der Waals surface area contributed by atoms with Crippen molar-refractivity contribution < 1.29 is 9.53 Å². The Labute approximate surface area is 124 Å². The smallest absolute Gasteiger partial charge is 0.256 e. The van der Waals surface area contributed by atoms with Gasteiger partial charge in [0.15, 0.2) is 0 Å². The van der Waals surface area contributed by atoms with Crippen LogP contribution in [0.3, 0.4) is 0 Å². The van der Waals surface area contributed by atoms with Crippen LogP contribution in [-0.4, -0.2) is 12.5 Å². The van der Waals surface area contributed by atoms with E-state index in [4.69, 9.17) is 4.74 Å². The lowest BCUT2D eigenvalue weighted by atomic mass is 10.0. The molecule has 0 spiro atoms. The third-order valence-electron chi connectivity index (χ3n) is 3.66. The van der Waals surface area contributed by atoms with Gasteiger partial charge in [0.2, 0.25) is 0 Å². The molecule has 1 aliphatic rings. The number of rotatable bonds is 5. The Bertz CT molecular complexity index is 647. The molecule has 3 nitrogen and oxygen atoms in total. The van der Waals surface area contributed by atoms with Crippen LogP contribution in [0.15, 0.2) is 48.5 Å². The Morgan fingerprint density at radius 3 is 2.62 bits per heavy atom. The topological polar surface area (TPSA) is 38.3 Å². The average molecular weight is 281 g/mol. The van der Waals surface area contributed by atoms with E-state index in [9.17, 15) is 4.79 Å². The van der Waals surface area contributed by atoms with Gasteiger partial charge in [0, 0.05) is 5.56 Å². The number of hydrogen-bond acceptors (Lipinski definition) is 2. The quantitative estimate of drug-likeness (QED) is 0.891. The van der Waals surface area contributed by atoms with Crippen LogP contribution in [0.25, 0.3) is 0 Å². The number of hydrogen-bond donors (Lipinski definition) is 1. The molecule has 108 valence electrons. The van der Waals surface area contributed by atoms with Gasteiger partial charge in [-0.15, -0.1) is 0 Å². The molecule has 0 heterocycles. The van der Waals surface area contributed by atoms with Crippen molar-refractivity contribution in [1.82, 2.24) is 0 Å². The van der Waals surface area contributed by atoms with Crippen molar-refractivity contribution in [3.63, 3.8) is 0 Å².